The minimum atomic E-state index is -3.94. The maximum Gasteiger partial charge on any atom is 0.263 e. The zero-order valence-electron chi connectivity index (χ0n) is 17.0. The van der Waals surface area contributed by atoms with Gasteiger partial charge in [0.1, 0.15) is 17.6 Å². The van der Waals surface area contributed by atoms with Gasteiger partial charge in [-0.25, -0.2) is 8.42 Å². The summed E-state index contributed by atoms with van der Waals surface area (Å²) in [5.41, 5.74) is 1.49. The number of rotatable bonds is 6. The zero-order chi connectivity index (χ0) is 22.9. The van der Waals surface area contributed by atoms with Crippen molar-refractivity contribution >= 4 is 27.4 Å². The highest BCUT2D eigenvalue weighted by Gasteiger charge is 2.19. The van der Waals surface area contributed by atoms with Gasteiger partial charge in [-0.15, -0.1) is 0 Å². The highest BCUT2D eigenvalue weighted by atomic mass is 35.5. The van der Waals surface area contributed by atoms with E-state index in [2.05, 4.69) is 14.9 Å². The van der Waals surface area contributed by atoms with Crippen molar-refractivity contribution in [1.82, 2.24) is 19.6 Å². The van der Waals surface area contributed by atoms with Crippen LogP contribution < -0.4 is 9.46 Å². The maximum atomic E-state index is 12.7. The summed E-state index contributed by atoms with van der Waals surface area (Å²) in [6.07, 6.45) is 3.26. The number of hydrogen-bond donors (Lipinski definition) is 1. The van der Waals surface area contributed by atoms with Gasteiger partial charge in [0.25, 0.3) is 10.0 Å². The number of aryl methyl sites for hydroxylation is 2. The quantitative estimate of drug-likeness (QED) is 0.458. The van der Waals surface area contributed by atoms with Crippen molar-refractivity contribution in [2.24, 2.45) is 14.1 Å². The number of benzene rings is 2. The molecule has 1 N–H and O–H groups in total. The number of nitrogens with zero attached hydrogens (tertiary/aromatic N) is 5. The number of halogens is 1. The lowest BCUT2D eigenvalue weighted by molar-refractivity contribution is 0.481. The third kappa shape index (κ3) is 4.30. The van der Waals surface area contributed by atoms with Crippen LogP contribution in [0.25, 0.3) is 11.3 Å². The van der Waals surface area contributed by atoms with Gasteiger partial charge in [0.15, 0.2) is 5.82 Å². The Balaban J connectivity index is 1.68. The number of hydrogen-bond acceptors (Lipinski definition) is 6. The summed E-state index contributed by atoms with van der Waals surface area (Å²) in [5.74, 6) is 0.820. The lowest BCUT2D eigenvalue weighted by atomic mass is 10.1. The monoisotopic (exact) mass is 468 g/mol. The van der Waals surface area contributed by atoms with E-state index in [0.29, 0.717) is 16.3 Å². The SMILES string of the molecule is Cn1ccc(NS(=O)(=O)c2ccc(Oc3ccc(Cl)cc3-c3ccnn3C)c(C#N)c2)n1. The van der Waals surface area contributed by atoms with E-state index in [1.54, 1.807) is 49.4 Å². The van der Waals surface area contributed by atoms with E-state index in [1.165, 1.54) is 28.9 Å². The molecular formula is C21H17ClN6O3S. The lowest BCUT2D eigenvalue weighted by Gasteiger charge is -2.14. The summed E-state index contributed by atoms with van der Waals surface area (Å²) in [6.45, 7) is 0. The molecule has 2 aromatic carbocycles. The minimum absolute atomic E-state index is 0.0554. The van der Waals surface area contributed by atoms with Gasteiger partial charge in [0.05, 0.1) is 16.2 Å². The van der Waals surface area contributed by atoms with Crippen LogP contribution in [-0.4, -0.2) is 28.0 Å². The molecule has 162 valence electrons. The minimum Gasteiger partial charge on any atom is -0.455 e. The van der Waals surface area contributed by atoms with E-state index in [4.69, 9.17) is 16.3 Å². The molecule has 0 unspecified atom stereocenters. The second-order valence-corrected chi connectivity index (χ2v) is 8.95. The van der Waals surface area contributed by atoms with Gasteiger partial charge in [-0.1, -0.05) is 11.6 Å². The molecule has 11 heteroatoms. The fourth-order valence-corrected chi connectivity index (χ4v) is 4.26. The Morgan fingerprint density at radius 3 is 2.53 bits per heavy atom. The van der Waals surface area contributed by atoms with Gasteiger partial charge < -0.3 is 4.74 Å². The van der Waals surface area contributed by atoms with Crippen LogP contribution in [0.15, 0.2) is 65.8 Å². The molecule has 0 spiro atoms. The molecule has 0 saturated heterocycles. The van der Waals surface area contributed by atoms with Crippen molar-refractivity contribution in [2.45, 2.75) is 4.90 Å². The van der Waals surface area contributed by atoms with E-state index >= 15 is 0 Å². The summed E-state index contributed by atoms with van der Waals surface area (Å²) in [7, 11) is -0.477. The van der Waals surface area contributed by atoms with Crippen LogP contribution in [0, 0.1) is 11.3 Å². The fraction of sp³-hybridized carbons (Fsp3) is 0.0952. The zero-order valence-corrected chi connectivity index (χ0v) is 18.6. The summed E-state index contributed by atoms with van der Waals surface area (Å²) in [4.78, 5) is -0.0879. The number of aromatic nitrogens is 4. The van der Waals surface area contributed by atoms with Crippen molar-refractivity contribution in [2.75, 3.05) is 4.72 Å². The van der Waals surface area contributed by atoms with Gasteiger partial charge in [-0.05, 0) is 42.5 Å². The second kappa shape index (κ2) is 8.37. The molecule has 0 bridgehead atoms. The summed E-state index contributed by atoms with van der Waals surface area (Å²) < 4.78 is 36.9. The highest BCUT2D eigenvalue weighted by Crippen LogP contribution is 2.36. The van der Waals surface area contributed by atoms with Gasteiger partial charge >= 0.3 is 0 Å². The van der Waals surface area contributed by atoms with E-state index < -0.39 is 10.0 Å². The molecule has 0 saturated carbocycles. The van der Waals surface area contributed by atoms with Crippen LogP contribution in [0.2, 0.25) is 5.02 Å². The normalized spacial score (nSPS) is 11.2. The third-order valence-corrected chi connectivity index (χ3v) is 6.18. The molecule has 4 rings (SSSR count). The third-order valence-electron chi connectivity index (χ3n) is 4.59. The first-order valence-corrected chi connectivity index (χ1v) is 11.2. The van der Waals surface area contributed by atoms with Crippen LogP contribution in [-0.2, 0) is 24.1 Å². The molecule has 0 fully saturated rings. The first kappa shape index (κ1) is 21.4. The predicted molar refractivity (Wildman–Crippen MR) is 119 cm³/mol. The van der Waals surface area contributed by atoms with Crippen LogP contribution in [0.5, 0.6) is 11.5 Å². The fourth-order valence-electron chi connectivity index (χ4n) is 3.07. The first-order chi connectivity index (χ1) is 15.3. The average Bonchev–Trinajstić information content (AvgIpc) is 3.36. The Kier molecular flexibility index (Phi) is 5.61. The standard InChI is InChI=1S/C21H17ClN6O3S/c1-27-10-8-21(25-27)26-32(29,30)16-4-6-19(14(11-16)13-23)31-20-5-3-15(22)12-17(20)18-7-9-24-28(18)2/h3-12H,1-2H3,(H,25,26). The number of nitriles is 1. The topological polar surface area (TPSA) is 115 Å². The summed E-state index contributed by atoms with van der Waals surface area (Å²) in [5, 5.41) is 18.3. The van der Waals surface area contributed by atoms with Gasteiger partial charge in [0.2, 0.25) is 0 Å². The molecule has 0 aliphatic carbocycles. The number of ether oxygens (including phenoxy) is 1. The largest absolute Gasteiger partial charge is 0.455 e. The summed E-state index contributed by atoms with van der Waals surface area (Å²) in [6, 6.07) is 14.5. The van der Waals surface area contributed by atoms with Crippen molar-refractivity contribution in [3.05, 3.63) is 71.5 Å². The Morgan fingerprint density at radius 1 is 1.09 bits per heavy atom. The van der Waals surface area contributed by atoms with Crippen molar-refractivity contribution in [3.63, 3.8) is 0 Å². The predicted octanol–water partition coefficient (Wildman–Crippen LogP) is 3.94. The molecule has 2 heterocycles. The smallest absolute Gasteiger partial charge is 0.263 e. The van der Waals surface area contributed by atoms with Crippen LogP contribution in [0.1, 0.15) is 5.56 Å². The number of anilines is 1. The molecule has 0 atom stereocenters. The number of sulfonamides is 1. The Morgan fingerprint density at radius 2 is 1.88 bits per heavy atom. The number of nitrogens with one attached hydrogen (secondary N) is 1. The molecule has 32 heavy (non-hydrogen) atoms. The molecule has 2 aromatic heterocycles. The van der Waals surface area contributed by atoms with E-state index in [1.807, 2.05) is 12.1 Å². The molecule has 0 amide bonds. The maximum absolute atomic E-state index is 12.7. The molecule has 9 nitrogen and oxygen atoms in total. The summed E-state index contributed by atoms with van der Waals surface area (Å²) >= 11 is 6.17. The Bertz CT molecular complexity index is 1450. The van der Waals surface area contributed by atoms with Crippen molar-refractivity contribution in [3.8, 4) is 28.8 Å². The van der Waals surface area contributed by atoms with E-state index in [9.17, 15) is 13.7 Å². The van der Waals surface area contributed by atoms with Crippen LogP contribution in [0.3, 0.4) is 0 Å². The van der Waals surface area contributed by atoms with E-state index in [0.717, 1.165) is 5.69 Å². The first-order valence-electron chi connectivity index (χ1n) is 9.29. The van der Waals surface area contributed by atoms with Crippen molar-refractivity contribution < 1.29 is 13.2 Å². The van der Waals surface area contributed by atoms with Gasteiger partial charge in [0, 0.05) is 43.1 Å². The van der Waals surface area contributed by atoms with Gasteiger partial charge in [-0.3, -0.25) is 14.1 Å². The van der Waals surface area contributed by atoms with E-state index in [-0.39, 0.29) is 22.0 Å². The van der Waals surface area contributed by atoms with Crippen LogP contribution in [0.4, 0.5) is 5.82 Å². The molecule has 4 aromatic rings. The highest BCUT2D eigenvalue weighted by molar-refractivity contribution is 7.92. The molecule has 0 aliphatic rings. The average molecular weight is 469 g/mol. The lowest BCUT2D eigenvalue weighted by Crippen LogP contribution is -2.13. The van der Waals surface area contributed by atoms with Crippen molar-refractivity contribution in [1.29, 1.82) is 5.26 Å². The van der Waals surface area contributed by atoms with Crippen LogP contribution >= 0.6 is 11.6 Å². The molecular weight excluding hydrogens is 452 g/mol. The second-order valence-electron chi connectivity index (χ2n) is 6.83. The Labute approximate surface area is 189 Å². The molecule has 0 aliphatic heterocycles. The molecule has 0 radical (unpaired) electrons. The van der Waals surface area contributed by atoms with Gasteiger partial charge in [-0.2, -0.15) is 15.5 Å². The Hall–Kier alpha value is -3.81.